The highest BCUT2D eigenvalue weighted by Crippen LogP contribution is 2.44. The van der Waals surface area contributed by atoms with Crippen LogP contribution in [0.4, 0.5) is 9.93 Å². The summed E-state index contributed by atoms with van der Waals surface area (Å²) >= 11 is 1.02. The molecule has 0 bridgehead atoms. The summed E-state index contributed by atoms with van der Waals surface area (Å²) < 4.78 is 5.56. The highest BCUT2D eigenvalue weighted by atomic mass is 32.1. The lowest BCUT2D eigenvalue weighted by molar-refractivity contribution is -0.147. The Morgan fingerprint density at radius 1 is 1.14 bits per heavy atom. The van der Waals surface area contributed by atoms with E-state index in [1.165, 1.54) is 4.90 Å². The molecule has 0 spiro atoms. The number of carboxylic acid groups (broad SMARTS) is 1. The zero-order valence-electron chi connectivity index (χ0n) is 19.4. The minimum absolute atomic E-state index is 0.0628. The van der Waals surface area contributed by atoms with Crippen molar-refractivity contribution in [3.8, 4) is 11.1 Å². The quantitative estimate of drug-likeness (QED) is 0.526. The number of ether oxygens (including phenoxy) is 1. The van der Waals surface area contributed by atoms with Gasteiger partial charge in [0, 0.05) is 12.5 Å². The Labute approximate surface area is 206 Å². The summed E-state index contributed by atoms with van der Waals surface area (Å²) in [7, 11) is 0. The first kappa shape index (κ1) is 23.0. The summed E-state index contributed by atoms with van der Waals surface area (Å²) in [6.45, 7) is 3.77. The highest BCUT2D eigenvalue weighted by Gasteiger charge is 2.46. The molecule has 1 aromatic heterocycles. The molecule has 5 rings (SSSR count). The number of carboxylic acids is 1. The number of aromatic nitrogens is 1. The van der Waals surface area contributed by atoms with Crippen molar-refractivity contribution in [2.75, 3.05) is 18.5 Å². The summed E-state index contributed by atoms with van der Waals surface area (Å²) in [4.78, 5) is 43.5. The number of nitrogens with one attached hydrogen (secondary N) is 1. The van der Waals surface area contributed by atoms with Crippen LogP contribution >= 0.6 is 11.3 Å². The molecule has 3 aromatic rings. The van der Waals surface area contributed by atoms with E-state index in [4.69, 9.17) is 4.74 Å². The maximum absolute atomic E-state index is 13.1. The molecular weight excluding hydrogens is 466 g/mol. The lowest BCUT2D eigenvalue weighted by Crippen LogP contribution is -2.50. The summed E-state index contributed by atoms with van der Waals surface area (Å²) in [5, 5.41) is 12.5. The molecule has 8 nitrogen and oxygen atoms in total. The van der Waals surface area contributed by atoms with Crippen molar-refractivity contribution in [1.82, 2.24) is 9.88 Å². The van der Waals surface area contributed by atoms with Gasteiger partial charge in [-0.05, 0) is 48.9 Å². The fourth-order valence-electron chi connectivity index (χ4n) is 5.00. The van der Waals surface area contributed by atoms with Crippen molar-refractivity contribution in [2.24, 2.45) is 0 Å². The smallest absolute Gasteiger partial charge is 0.413 e. The third kappa shape index (κ3) is 3.95. The number of fused-ring (bicyclic) bond motifs is 3. The monoisotopic (exact) mass is 491 g/mol. The molecular formula is C26H25N3O5S. The second kappa shape index (κ2) is 8.81. The molecule has 1 fully saturated rings. The molecule has 2 N–H and O–H groups in total. The molecule has 0 radical (unpaired) electrons. The van der Waals surface area contributed by atoms with Crippen LogP contribution < -0.4 is 5.32 Å². The average Bonchev–Trinajstić information content (AvgIpc) is 3.51. The van der Waals surface area contributed by atoms with E-state index in [1.807, 2.05) is 36.4 Å². The molecule has 2 aromatic carbocycles. The van der Waals surface area contributed by atoms with Gasteiger partial charge in [0.2, 0.25) is 0 Å². The van der Waals surface area contributed by atoms with Crippen molar-refractivity contribution in [1.29, 1.82) is 0 Å². The number of rotatable bonds is 5. The largest absolute Gasteiger partial charge is 0.480 e. The molecule has 0 unspecified atom stereocenters. The molecule has 2 amide bonds. The number of amides is 2. The number of likely N-dealkylation sites (tertiary alicyclic amines) is 1. The molecule has 180 valence electrons. The lowest BCUT2D eigenvalue weighted by Gasteiger charge is -2.30. The van der Waals surface area contributed by atoms with Gasteiger partial charge in [-0.15, -0.1) is 0 Å². The van der Waals surface area contributed by atoms with Gasteiger partial charge >= 0.3 is 12.1 Å². The Hall–Kier alpha value is -3.72. The first-order chi connectivity index (χ1) is 16.8. The minimum atomic E-state index is -1.24. The zero-order valence-corrected chi connectivity index (χ0v) is 20.2. The first-order valence-corrected chi connectivity index (χ1v) is 12.3. The number of hydrogen-bond acceptors (Lipinski definition) is 6. The van der Waals surface area contributed by atoms with Crippen molar-refractivity contribution < 1.29 is 24.2 Å². The first-order valence-electron chi connectivity index (χ1n) is 11.4. The number of aryl methyl sites for hydroxylation is 1. The van der Waals surface area contributed by atoms with E-state index < -0.39 is 17.6 Å². The molecule has 0 saturated carbocycles. The molecule has 1 saturated heterocycles. The third-order valence-electron chi connectivity index (χ3n) is 6.89. The van der Waals surface area contributed by atoms with Gasteiger partial charge in [0.25, 0.3) is 5.91 Å². The topological polar surface area (TPSA) is 109 Å². The zero-order chi connectivity index (χ0) is 24.7. The van der Waals surface area contributed by atoms with Crippen molar-refractivity contribution in [2.45, 2.75) is 38.1 Å². The Morgan fingerprint density at radius 3 is 2.40 bits per heavy atom. The molecule has 1 aliphatic carbocycles. The van der Waals surface area contributed by atoms with Gasteiger partial charge in [-0.25, -0.2) is 14.6 Å². The third-order valence-corrected chi connectivity index (χ3v) is 7.95. The number of nitrogens with zero attached hydrogens (tertiary/aromatic N) is 2. The van der Waals surface area contributed by atoms with Crippen molar-refractivity contribution in [3.63, 3.8) is 0 Å². The number of aliphatic carboxylic acids is 1. The molecule has 1 aliphatic heterocycles. The Kier molecular flexibility index (Phi) is 5.80. The fraction of sp³-hybridized carbons (Fsp3) is 0.308. The molecule has 1 atom stereocenters. The van der Waals surface area contributed by atoms with E-state index in [0.29, 0.717) is 30.0 Å². The maximum atomic E-state index is 13.1. The Morgan fingerprint density at radius 2 is 1.77 bits per heavy atom. The van der Waals surface area contributed by atoms with Crippen LogP contribution in [0.3, 0.4) is 0 Å². The van der Waals surface area contributed by atoms with Gasteiger partial charge in [-0.3, -0.25) is 10.1 Å². The summed E-state index contributed by atoms with van der Waals surface area (Å²) in [6.07, 6.45) is 0.366. The number of carbonyl (C=O) groups is 3. The van der Waals surface area contributed by atoms with Gasteiger partial charge < -0.3 is 14.7 Å². The van der Waals surface area contributed by atoms with Gasteiger partial charge in [-0.2, -0.15) is 0 Å². The average molecular weight is 492 g/mol. The highest BCUT2D eigenvalue weighted by molar-refractivity contribution is 7.17. The summed E-state index contributed by atoms with van der Waals surface area (Å²) in [5.74, 6) is -1.47. The van der Waals surface area contributed by atoms with E-state index in [2.05, 4.69) is 22.4 Å². The predicted molar refractivity (Wildman–Crippen MR) is 132 cm³/mol. The number of anilines is 1. The summed E-state index contributed by atoms with van der Waals surface area (Å²) in [5.41, 5.74) is 3.72. The van der Waals surface area contributed by atoms with Crippen molar-refractivity contribution in [3.05, 3.63) is 70.2 Å². The second-order valence-corrected chi connectivity index (χ2v) is 10.0. The van der Waals surface area contributed by atoms with Crippen LogP contribution in [-0.4, -0.2) is 51.7 Å². The minimum Gasteiger partial charge on any atom is -0.480 e. The van der Waals surface area contributed by atoms with Gasteiger partial charge in [-0.1, -0.05) is 59.9 Å². The number of hydrogen-bond donors (Lipinski definition) is 2. The normalized spacial score (nSPS) is 18.7. The van der Waals surface area contributed by atoms with Crippen LogP contribution in [0.5, 0.6) is 0 Å². The molecule has 9 heteroatoms. The fourth-order valence-corrected chi connectivity index (χ4v) is 5.91. The summed E-state index contributed by atoms with van der Waals surface area (Å²) in [6, 6.07) is 16.2. The molecule has 2 heterocycles. The van der Waals surface area contributed by atoms with Crippen LogP contribution in [0.2, 0.25) is 0 Å². The van der Waals surface area contributed by atoms with Crippen LogP contribution in [0, 0.1) is 6.92 Å². The Balaban J connectivity index is 1.27. The van der Waals surface area contributed by atoms with E-state index >= 15 is 0 Å². The van der Waals surface area contributed by atoms with E-state index in [0.717, 1.165) is 33.6 Å². The molecule has 35 heavy (non-hydrogen) atoms. The van der Waals surface area contributed by atoms with Crippen molar-refractivity contribution >= 4 is 34.4 Å². The van der Waals surface area contributed by atoms with Gasteiger partial charge in [0.05, 0.1) is 5.69 Å². The standard InChI is InChI=1S/C26H25N3O5S/c1-15-21(22(30)29-13-7-12-26(29,2)23(31)32)35-24(27-15)28-25(33)34-14-20-18-10-5-3-8-16(18)17-9-4-6-11-19(17)20/h3-6,8-11,20H,7,12-14H2,1-2H3,(H,31,32)(H,27,28,33)/t26-/m1/s1. The van der Waals surface area contributed by atoms with Crippen LogP contribution in [0.25, 0.3) is 11.1 Å². The molecule has 2 aliphatic rings. The predicted octanol–water partition coefficient (Wildman–Crippen LogP) is 4.89. The maximum Gasteiger partial charge on any atom is 0.413 e. The van der Waals surface area contributed by atoms with Crippen LogP contribution in [0.1, 0.15) is 52.2 Å². The van der Waals surface area contributed by atoms with Gasteiger partial charge in [0.15, 0.2) is 5.13 Å². The number of benzene rings is 2. The number of thiazole rings is 1. The Bertz CT molecular complexity index is 1290. The van der Waals surface area contributed by atoms with Crippen LogP contribution in [0.15, 0.2) is 48.5 Å². The van der Waals surface area contributed by atoms with Crippen LogP contribution in [-0.2, 0) is 9.53 Å². The number of carbonyl (C=O) groups excluding carboxylic acids is 2. The SMILES string of the molecule is Cc1nc(NC(=O)OCC2c3ccccc3-c3ccccc32)sc1C(=O)N1CCC[C@]1(C)C(=O)O. The van der Waals surface area contributed by atoms with E-state index in [-0.39, 0.29) is 23.6 Å². The second-order valence-electron chi connectivity index (χ2n) is 9.02. The van der Waals surface area contributed by atoms with E-state index in [9.17, 15) is 19.5 Å². The van der Waals surface area contributed by atoms with Gasteiger partial charge in [0.1, 0.15) is 17.0 Å². The lowest BCUT2D eigenvalue weighted by atomic mass is 9.98. The van der Waals surface area contributed by atoms with E-state index in [1.54, 1.807) is 13.8 Å².